The molecular formula is C24H27N3O4. The lowest BCUT2D eigenvalue weighted by Crippen LogP contribution is -2.46. The summed E-state index contributed by atoms with van der Waals surface area (Å²) in [6.07, 6.45) is 0. The van der Waals surface area contributed by atoms with Gasteiger partial charge < -0.3 is 14.5 Å². The Morgan fingerprint density at radius 2 is 1.84 bits per heavy atom. The average molecular weight is 421 g/mol. The number of benzene rings is 2. The molecule has 0 unspecified atom stereocenters. The van der Waals surface area contributed by atoms with Gasteiger partial charge in [-0.05, 0) is 52.3 Å². The van der Waals surface area contributed by atoms with Gasteiger partial charge in [-0.2, -0.15) is 0 Å². The van der Waals surface area contributed by atoms with Gasteiger partial charge >= 0.3 is 0 Å². The smallest absolute Gasteiger partial charge is 0.273 e. The third-order valence-electron chi connectivity index (χ3n) is 6.16. The van der Waals surface area contributed by atoms with Crippen molar-refractivity contribution in [1.82, 2.24) is 9.80 Å². The fourth-order valence-corrected chi connectivity index (χ4v) is 4.75. The van der Waals surface area contributed by atoms with Gasteiger partial charge in [0.2, 0.25) is 0 Å². The molecule has 2 aliphatic rings. The van der Waals surface area contributed by atoms with Crippen LogP contribution in [0.25, 0.3) is 5.70 Å². The number of fused-ring (bicyclic) bond motifs is 2. The topological polar surface area (TPSA) is 75.9 Å². The van der Waals surface area contributed by atoms with Crippen LogP contribution in [-0.2, 0) is 6.54 Å². The number of ether oxygens (including phenoxy) is 1. The first-order valence-corrected chi connectivity index (χ1v) is 10.6. The van der Waals surface area contributed by atoms with E-state index < -0.39 is 5.60 Å². The molecule has 7 heteroatoms. The monoisotopic (exact) mass is 421 g/mol. The predicted octanol–water partition coefficient (Wildman–Crippen LogP) is 4.74. The number of hydrogen-bond acceptors (Lipinski definition) is 5. The summed E-state index contributed by atoms with van der Waals surface area (Å²) < 4.78 is 6.37. The molecule has 2 heterocycles. The zero-order valence-electron chi connectivity index (χ0n) is 18.6. The summed E-state index contributed by atoms with van der Waals surface area (Å²) in [6, 6.07) is 10.7. The van der Waals surface area contributed by atoms with Crippen molar-refractivity contribution in [2.75, 3.05) is 13.1 Å². The molecule has 0 spiro atoms. The Morgan fingerprint density at radius 1 is 1.16 bits per heavy atom. The normalized spacial score (nSPS) is 16.7. The number of carbonyl (C=O) groups excluding carboxylic acids is 1. The Hall–Kier alpha value is -3.35. The molecule has 0 bridgehead atoms. The highest BCUT2D eigenvalue weighted by Crippen LogP contribution is 2.48. The van der Waals surface area contributed by atoms with Crippen LogP contribution in [0.3, 0.4) is 0 Å². The lowest BCUT2D eigenvalue weighted by atomic mass is 9.90. The molecule has 0 aliphatic carbocycles. The Morgan fingerprint density at radius 3 is 2.45 bits per heavy atom. The Balaban J connectivity index is 2.05. The highest BCUT2D eigenvalue weighted by Gasteiger charge is 2.44. The molecule has 162 valence electrons. The first-order chi connectivity index (χ1) is 14.7. The molecule has 31 heavy (non-hydrogen) atoms. The first-order valence-electron chi connectivity index (χ1n) is 10.6. The fourth-order valence-electron chi connectivity index (χ4n) is 4.75. The molecule has 0 aromatic heterocycles. The number of carbonyl (C=O) groups is 1. The van der Waals surface area contributed by atoms with Gasteiger partial charge in [-0.1, -0.05) is 18.2 Å². The fraction of sp³-hybridized carbons (Fsp3) is 0.375. The predicted molar refractivity (Wildman–Crippen MR) is 119 cm³/mol. The molecule has 1 amide bonds. The average Bonchev–Trinajstić information content (AvgIpc) is 3.05. The van der Waals surface area contributed by atoms with Crippen molar-refractivity contribution >= 4 is 17.3 Å². The summed E-state index contributed by atoms with van der Waals surface area (Å²) in [5.41, 5.74) is 3.62. The van der Waals surface area contributed by atoms with E-state index >= 15 is 0 Å². The van der Waals surface area contributed by atoms with Crippen molar-refractivity contribution in [3.63, 3.8) is 0 Å². The van der Waals surface area contributed by atoms with E-state index in [1.54, 1.807) is 17.9 Å². The number of nitro benzene ring substituents is 1. The standard InChI is InChI=1S/C24H27N3O4/c1-6-25(7-2)22-21(26-14-16-10-8-9-11-17(16)23(26)28)20-15(3)18(27(29)30)12-13-19(20)31-24(22,4)5/h8-13H,6-7,14H2,1-5H3. The van der Waals surface area contributed by atoms with Crippen LogP contribution in [0.5, 0.6) is 5.75 Å². The van der Waals surface area contributed by atoms with Gasteiger partial charge in [-0.3, -0.25) is 14.9 Å². The van der Waals surface area contributed by atoms with Gasteiger partial charge in [0, 0.05) is 30.3 Å². The van der Waals surface area contributed by atoms with Crippen LogP contribution in [0, 0.1) is 17.0 Å². The maximum absolute atomic E-state index is 13.5. The zero-order valence-corrected chi connectivity index (χ0v) is 18.6. The van der Waals surface area contributed by atoms with Gasteiger partial charge in [-0.15, -0.1) is 0 Å². The number of nitrogens with zero attached hydrogens (tertiary/aromatic N) is 3. The third-order valence-corrected chi connectivity index (χ3v) is 6.16. The molecule has 0 saturated carbocycles. The van der Waals surface area contributed by atoms with E-state index in [9.17, 15) is 14.9 Å². The van der Waals surface area contributed by atoms with E-state index in [0.29, 0.717) is 34.7 Å². The summed E-state index contributed by atoms with van der Waals surface area (Å²) >= 11 is 0. The Labute approximate surface area is 182 Å². The van der Waals surface area contributed by atoms with Gasteiger partial charge in [0.1, 0.15) is 11.4 Å². The van der Waals surface area contributed by atoms with Crippen LogP contribution in [0.15, 0.2) is 42.1 Å². The summed E-state index contributed by atoms with van der Waals surface area (Å²) in [7, 11) is 0. The minimum absolute atomic E-state index is 0.0163. The Kier molecular flexibility index (Phi) is 5.00. The molecule has 2 aromatic carbocycles. The largest absolute Gasteiger partial charge is 0.481 e. The van der Waals surface area contributed by atoms with E-state index in [0.717, 1.165) is 24.4 Å². The molecule has 0 fully saturated rings. The number of amides is 1. The molecule has 4 rings (SSSR count). The Bertz CT molecular complexity index is 1120. The summed E-state index contributed by atoms with van der Waals surface area (Å²) in [5.74, 6) is 0.465. The highest BCUT2D eigenvalue weighted by atomic mass is 16.6. The molecule has 2 aromatic rings. The van der Waals surface area contributed by atoms with Crippen molar-refractivity contribution in [1.29, 1.82) is 0 Å². The van der Waals surface area contributed by atoms with Crippen molar-refractivity contribution in [3.05, 3.63) is 74.5 Å². The molecule has 0 N–H and O–H groups in total. The maximum Gasteiger partial charge on any atom is 0.273 e. The molecule has 7 nitrogen and oxygen atoms in total. The minimum atomic E-state index is -0.716. The van der Waals surface area contributed by atoms with Crippen LogP contribution < -0.4 is 4.74 Å². The molecule has 0 saturated heterocycles. The lowest BCUT2D eigenvalue weighted by molar-refractivity contribution is -0.385. The van der Waals surface area contributed by atoms with E-state index in [1.807, 2.05) is 38.1 Å². The van der Waals surface area contributed by atoms with E-state index in [2.05, 4.69) is 18.7 Å². The SMILES string of the molecule is CCN(CC)C1=C(N2Cc3ccccc3C2=O)c2c(ccc([N+](=O)[O-])c2C)OC1(C)C. The molecule has 0 atom stereocenters. The van der Waals surface area contributed by atoms with Gasteiger partial charge in [0.05, 0.1) is 28.4 Å². The van der Waals surface area contributed by atoms with Gasteiger partial charge in [0.15, 0.2) is 0 Å². The minimum Gasteiger partial charge on any atom is -0.481 e. The quantitative estimate of drug-likeness (QED) is 0.515. The van der Waals surface area contributed by atoms with E-state index in [1.165, 1.54) is 6.07 Å². The van der Waals surface area contributed by atoms with Crippen molar-refractivity contribution < 1.29 is 14.5 Å². The second-order valence-corrected chi connectivity index (χ2v) is 8.37. The summed E-state index contributed by atoms with van der Waals surface area (Å²) in [5, 5.41) is 11.7. The molecular weight excluding hydrogens is 394 g/mol. The van der Waals surface area contributed by atoms with Crippen LogP contribution >= 0.6 is 0 Å². The maximum atomic E-state index is 13.5. The van der Waals surface area contributed by atoms with Crippen LogP contribution in [0.1, 0.15) is 54.7 Å². The van der Waals surface area contributed by atoms with Crippen molar-refractivity contribution in [2.24, 2.45) is 0 Å². The summed E-state index contributed by atoms with van der Waals surface area (Å²) in [6.45, 7) is 11.7. The zero-order chi connectivity index (χ0) is 22.5. The lowest BCUT2D eigenvalue weighted by Gasteiger charge is -2.44. The van der Waals surface area contributed by atoms with Crippen molar-refractivity contribution in [3.8, 4) is 5.75 Å². The number of likely N-dealkylation sites (N-methyl/N-ethyl adjacent to an activating group) is 1. The second-order valence-electron chi connectivity index (χ2n) is 8.37. The first kappa shape index (κ1) is 20.9. The van der Waals surface area contributed by atoms with Crippen LogP contribution in [0.4, 0.5) is 5.69 Å². The van der Waals surface area contributed by atoms with E-state index in [4.69, 9.17) is 4.74 Å². The van der Waals surface area contributed by atoms with Crippen LogP contribution in [-0.4, -0.2) is 39.3 Å². The molecule has 0 radical (unpaired) electrons. The van der Waals surface area contributed by atoms with Gasteiger partial charge in [0.25, 0.3) is 11.6 Å². The second kappa shape index (κ2) is 7.41. The summed E-state index contributed by atoms with van der Waals surface area (Å²) in [4.78, 5) is 28.7. The van der Waals surface area contributed by atoms with E-state index in [-0.39, 0.29) is 16.5 Å². The number of nitro groups is 1. The van der Waals surface area contributed by atoms with Gasteiger partial charge in [-0.25, -0.2) is 0 Å². The molecule has 2 aliphatic heterocycles. The van der Waals surface area contributed by atoms with Crippen LogP contribution in [0.2, 0.25) is 0 Å². The third kappa shape index (κ3) is 3.15. The number of hydrogen-bond donors (Lipinski definition) is 0. The highest BCUT2D eigenvalue weighted by molar-refractivity contribution is 6.04. The van der Waals surface area contributed by atoms with Crippen molar-refractivity contribution in [2.45, 2.75) is 46.8 Å². The number of rotatable bonds is 5.